The second kappa shape index (κ2) is 8.00. The molecule has 1 N–H and O–H groups in total. The van der Waals surface area contributed by atoms with Gasteiger partial charge in [0.05, 0.1) is 18.9 Å². The third kappa shape index (κ3) is 4.12. The summed E-state index contributed by atoms with van der Waals surface area (Å²) in [5.41, 5.74) is 3.26. The van der Waals surface area contributed by atoms with Crippen LogP contribution < -0.4 is 10.2 Å². The minimum Gasteiger partial charge on any atom is -0.379 e. The first kappa shape index (κ1) is 19.1. The molecule has 0 amide bonds. The number of nitrogens with one attached hydrogen (secondary N) is 1. The number of nitrogens with zero attached hydrogens (tertiary/aromatic N) is 4. The van der Waals surface area contributed by atoms with Gasteiger partial charge in [-0.2, -0.15) is 17.0 Å². The zero-order valence-electron chi connectivity index (χ0n) is 15.9. The maximum Gasteiger partial charge on any atom is 0.282 e. The molecule has 0 saturated carbocycles. The summed E-state index contributed by atoms with van der Waals surface area (Å²) in [4.78, 5) is 6.99. The third-order valence-corrected chi connectivity index (χ3v) is 7.64. The molecule has 1 aromatic heterocycles. The van der Waals surface area contributed by atoms with Crippen molar-refractivity contribution in [1.29, 1.82) is 0 Å². The van der Waals surface area contributed by atoms with Crippen molar-refractivity contribution in [3.8, 4) is 0 Å². The van der Waals surface area contributed by atoms with E-state index in [0.717, 1.165) is 30.0 Å². The van der Waals surface area contributed by atoms with Crippen molar-refractivity contribution in [2.45, 2.75) is 25.8 Å². The fourth-order valence-electron chi connectivity index (χ4n) is 4.09. The van der Waals surface area contributed by atoms with Crippen LogP contribution >= 0.6 is 0 Å². The molecular weight excluding hydrogens is 366 g/mol. The van der Waals surface area contributed by atoms with Crippen LogP contribution in [-0.2, 0) is 14.9 Å². The topological polar surface area (TPSA) is 78.0 Å². The highest BCUT2D eigenvalue weighted by atomic mass is 32.2. The standard InChI is InChI=1S/C18H29N5O3S/c1-15-13-16(14-18(20-15)17-3-2-4-19-17)21-5-7-22(8-6-21)27(24,25)23-9-11-26-12-10-23/h13-14,17,19H,2-12H2,1H3. The van der Waals surface area contributed by atoms with Gasteiger partial charge in [-0.1, -0.05) is 0 Å². The van der Waals surface area contributed by atoms with Gasteiger partial charge in [-0.25, -0.2) is 0 Å². The molecule has 0 aliphatic carbocycles. The summed E-state index contributed by atoms with van der Waals surface area (Å²) in [6.45, 7) is 7.36. The monoisotopic (exact) mass is 395 g/mol. The quantitative estimate of drug-likeness (QED) is 0.801. The first-order valence-electron chi connectivity index (χ1n) is 9.84. The Balaban J connectivity index is 1.43. The molecule has 1 atom stereocenters. The minimum atomic E-state index is -3.38. The van der Waals surface area contributed by atoms with Gasteiger partial charge in [0.15, 0.2) is 0 Å². The Kier molecular flexibility index (Phi) is 5.65. The first-order valence-corrected chi connectivity index (χ1v) is 11.2. The van der Waals surface area contributed by atoms with Gasteiger partial charge in [0.1, 0.15) is 0 Å². The number of aryl methyl sites for hydroxylation is 1. The molecule has 3 aliphatic heterocycles. The lowest BCUT2D eigenvalue weighted by Crippen LogP contribution is -2.55. The lowest BCUT2D eigenvalue weighted by atomic mass is 10.1. The van der Waals surface area contributed by atoms with Gasteiger partial charge in [-0.15, -0.1) is 0 Å². The van der Waals surface area contributed by atoms with E-state index >= 15 is 0 Å². The van der Waals surface area contributed by atoms with E-state index in [1.807, 2.05) is 6.92 Å². The molecule has 27 heavy (non-hydrogen) atoms. The van der Waals surface area contributed by atoms with E-state index < -0.39 is 10.2 Å². The van der Waals surface area contributed by atoms with Crippen LogP contribution in [0.3, 0.4) is 0 Å². The fourth-order valence-corrected chi connectivity index (χ4v) is 5.65. The molecule has 0 bridgehead atoms. The zero-order valence-corrected chi connectivity index (χ0v) is 16.7. The average molecular weight is 396 g/mol. The van der Waals surface area contributed by atoms with Crippen LogP contribution in [0.15, 0.2) is 12.1 Å². The predicted octanol–water partition coefficient (Wildman–Crippen LogP) is 0.514. The van der Waals surface area contributed by atoms with Crippen molar-refractivity contribution in [3.05, 3.63) is 23.5 Å². The Labute approximate surface area is 161 Å². The van der Waals surface area contributed by atoms with Crippen molar-refractivity contribution >= 4 is 15.9 Å². The van der Waals surface area contributed by atoms with Gasteiger partial charge < -0.3 is 15.0 Å². The van der Waals surface area contributed by atoms with E-state index in [1.165, 1.54) is 6.42 Å². The van der Waals surface area contributed by atoms with E-state index in [2.05, 4.69) is 22.3 Å². The molecule has 3 aliphatic rings. The van der Waals surface area contributed by atoms with Crippen LogP contribution in [0.25, 0.3) is 0 Å². The number of hydrogen-bond acceptors (Lipinski definition) is 6. The SMILES string of the molecule is Cc1cc(N2CCN(S(=O)(=O)N3CCOCC3)CC2)cc(C2CCCN2)n1. The molecule has 3 saturated heterocycles. The summed E-state index contributed by atoms with van der Waals surface area (Å²) in [6.07, 6.45) is 2.31. The molecule has 3 fully saturated rings. The van der Waals surface area contributed by atoms with Crippen LogP contribution in [0.1, 0.15) is 30.3 Å². The summed E-state index contributed by atoms with van der Waals surface area (Å²) in [5, 5.41) is 3.51. The van der Waals surface area contributed by atoms with Gasteiger partial charge in [0, 0.05) is 56.7 Å². The van der Waals surface area contributed by atoms with Crippen LogP contribution in [0.4, 0.5) is 5.69 Å². The number of morpholine rings is 1. The predicted molar refractivity (Wildman–Crippen MR) is 104 cm³/mol. The van der Waals surface area contributed by atoms with Crippen molar-refractivity contribution in [1.82, 2.24) is 18.9 Å². The molecule has 1 aromatic rings. The number of pyridine rings is 1. The maximum absolute atomic E-state index is 12.8. The molecule has 0 radical (unpaired) electrons. The average Bonchev–Trinajstić information content (AvgIpc) is 3.23. The fraction of sp³-hybridized carbons (Fsp3) is 0.722. The normalized spacial score (nSPS) is 25.8. The van der Waals surface area contributed by atoms with Gasteiger partial charge in [-0.05, 0) is 38.4 Å². The van der Waals surface area contributed by atoms with E-state index in [0.29, 0.717) is 58.5 Å². The van der Waals surface area contributed by atoms with E-state index in [9.17, 15) is 8.42 Å². The molecule has 4 rings (SSSR count). The number of piperazine rings is 1. The number of anilines is 1. The largest absolute Gasteiger partial charge is 0.379 e. The summed E-state index contributed by atoms with van der Waals surface area (Å²) in [6, 6.07) is 4.61. The summed E-state index contributed by atoms with van der Waals surface area (Å²) >= 11 is 0. The highest BCUT2D eigenvalue weighted by Crippen LogP contribution is 2.27. The molecule has 8 nitrogen and oxygen atoms in total. The maximum atomic E-state index is 12.8. The van der Waals surface area contributed by atoms with Crippen molar-refractivity contribution < 1.29 is 13.2 Å². The van der Waals surface area contributed by atoms with E-state index in [4.69, 9.17) is 9.72 Å². The van der Waals surface area contributed by atoms with Crippen molar-refractivity contribution in [2.75, 3.05) is 63.9 Å². The van der Waals surface area contributed by atoms with Crippen LogP contribution in [-0.4, -0.2) is 81.0 Å². The summed E-state index contributed by atoms with van der Waals surface area (Å²) < 4.78 is 34.1. The molecule has 0 aromatic carbocycles. The van der Waals surface area contributed by atoms with Gasteiger partial charge in [0.2, 0.25) is 0 Å². The number of aromatic nitrogens is 1. The van der Waals surface area contributed by atoms with Gasteiger partial charge in [0.25, 0.3) is 10.2 Å². The third-order valence-electron chi connectivity index (χ3n) is 5.60. The Hall–Kier alpha value is -1.26. The number of ether oxygens (including phenoxy) is 1. The van der Waals surface area contributed by atoms with Crippen LogP contribution in [0.5, 0.6) is 0 Å². The molecule has 9 heteroatoms. The molecule has 4 heterocycles. The van der Waals surface area contributed by atoms with Crippen molar-refractivity contribution in [3.63, 3.8) is 0 Å². The smallest absolute Gasteiger partial charge is 0.282 e. The summed E-state index contributed by atoms with van der Waals surface area (Å²) in [7, 11) is -3.38. The lowest BCUT2D eigenvalue weighted by molar-refractivity contribution is 0.0700. The Morgan fingerprint density at radius 2 is 1.78 bits per heavy atom. The second-order valence-electron chi connectivity index (χ2n) is 7.45. The van der Waals surface area contributed by atoms with Gasteiger partial charge >= 0.3 is 0 Å². The second-order valence-corrected chi connectivity index (χ2v) is 9.37. The van der Waals surface area contributed by atoms with Crippen LogP contribution in [0, 0.1) is 6.92 Å². The highest BCUT2D eigenvalue weighted by Gasteiger charge is 2.33. The highest BCUT2D eigenvalue weighted by molar-refractivity contribution is 7.86. The van der Waals surface area contributed by atoms with E-state index in [1.54, 1.807) is 8.61 Å². The summed E-state index contributed by atoms with van der Waals surface area (Å²) in [5.74, 6) is 0. The molecule has 1 unspecified atom stereocenters. The number of hydrogen-bond donors (Lipinski definition) is 1. The molecular formula is C18H29N5O3S. The Bertz CT molecular complexity index is 752. The Morgan fingerprint density at radius 3 is 2.44 bits per heavy atom. The molecule has 0 spiro atoms. The van der Waals surface area contributed by atoms with E-state index in [-0.39, 0.29) is 0 Å². The van der Waals surface area contributed by atoms with Crippen molar-refractivity contribution in [2.24, 2.45) is 0 Å². The van der Waals surface area contributed by atoms with Gasteiger partial charge in [-0.3, -0.25) is 4.98 Å². The zero-order chi connectivity index (χ0) is 18.9. The Morgan fingerprint density at radius 1 is 1.07 bits per heavy atom. The first-order chi connectivity index (χ1) is 13.0. The lowest BCUT2D eigenvalue weighted by Gasteiger charge is -2.38. The molecule has 150 valence electrons. The minimum absolute atomic E-state index is 0.339. The number of rotatable bonds is 4. The van der Waals surface area contributed by atoms with Crippen LogP contribution in [0.2, 0.25) is 0 Å².